The third-order valence-electron chi connectivity index (χ3n) is 16.4. The van der Waals surface area contributed by atoms with Gasteiger partial charge in [0.05, 0.1) is 26.4 Å². The van der Waals surface area contributed by atoms with Crippen LogP contribution in [0.25, 0.3) is 0 Å². The lowest BCUT2D eigenvalue weighted by Gasteiger charge is -2.21. The van der Waals surface area contributed by atoms with Gasteiger partial charge in [-0.2, -0.15) is 0 Å². The zero-order chi connectivity index (χ0) is 66.1. The fourth-order valence-corrected chi connectivity index (χ4v) is 12.0. The number of phosphoric acid groups is 2. The van der Waals surface area contributed by atoms with Crippen LogP contribution in [0.15, 0.2) is 0 Å². The van der Waals surface area contributed by atoms with Gasteiger partial charge >= 0.3 is 39.5 Å². The van der Waals surface area contributed by atoms with E-state index in [1.54, 1.807) is 0 Å². The highest BCUT2D eigenvalue weighted by molar-refractivity contribution is 7.47. The first-order chi connectivity index (χ1) is 42.6. The van der Waals surface area contributed by atoms with Gasteiger partial charge in [0, 0.05) is 25.7 Å². The number of carbonyl (C=O) groups is 4. The minimum atomic E-state index is -4.95. The maximum absolute atomic E-state index is 13.0. The summed E-state index contributed by atoms with van der Waals surface area (Å²) in [6, 6.07) is 0. The molecule has 528 valence electrons. The predicted molar refractivity (Wildman–Crippen MR) is 358 cm³/mol. The van der Waals surface area contributed by atoms with Crippen molar-refractivity contribution in [3.63, 3.8) is 0 Å². The second-order valence-electron chi connectivity index (χ2n) is 26.9. The van der Waals surface area contributed by atoms with E-state index in [1.165, 1.54) is 135 Å². The van der Waals surface area contributed by atoms with Crippen LogP contribution in [-0.2, 0) is 65.4 Å². The molecular weight excluding hydrogens is 1170 g/mol. The van der Waals surface area contributed by atoms with E-state index in [1.807, 2.05) is 0 Å². The van der Waals surface area contributed by atoms with Gasteiger partial charge < -0.3 is 33.8 Å². The van der Waals surface area contributed by atoms with Crippen LogP contribution in [0, 0.1) is 23.7 Å². The molecule has 0 aromatic heterocycles. The van der Waals surface area contributed by atoms with Gasteiger partial charge in [-0.1, -0.05) is 293 Å². The number of hydrogen-bond donors (Lipinski definition) is 3. The van der Waals surface area contributed by atoms with Crippen LogP contribution in [0.4, 0.5) is 0 Å². The van der Waals surface area contributed by atoms with E-state index in [9.17, 15) is 43.2 Å². The summed E-state index contributed by atoms with van der Waals surface area (Å²) in [5.74, 6) is 0.803. The number of phosphoric ester groups is 2. The van der Waals surface area contributed by atoms with Crippen molar-refractivity contribution in [3.8, 4) is 0 Å². The highest BCUT2D eigenvalue weighted by Gasteiger charge is 2.30. The number of hydrogen-bond acceptors (Lipinski definition) is 15. The summed E-state index contributed by atoms with van der Waals surface area (Å²) in [7, 11) is -9.90. The summed E-state index contributed by atoms with van der Waals surface area (Å²) < 4.78 is 68.2. The van der Waals surface area contributed by atoms with Gasteiger partial charge in [0.15, 0.2) is 12.2 Å². The Kier molecular flexibility index (Phi) is 58.5. The van der Waals surface area contributed by atoms with Crippen LogP contribution in [-0.4, -0.2) is 96.7 Å². The molecule has 3 N–H and O–H groups in total. The quantitative estimate of drug-likeness (QED) is 0.0222. The summed E-state index contributed by atoms with van der Waals surface area (Å²) in [5.41, 5.74) is 0. The Bertz CT molecular complexity index is 1770. The number of esters is 4. The molecule has 0 spiro atoms. The van der Waals surface area contributed by atoms with Crippen molar-refractivity contribution in [1.29, 1.82) is 0 Å². The molecule has 0 saturated carbocycles. The van der Waals surface area contributed by atoms with Crippen molar-refractivity contribution in [3.05, 3.63) is 0 Å². The Hall–Kier alpha value is -1.94. The van der Waals surface area contributed by atoms with Crippen molar-refractivity contribution in [2.24, 2.45) is 23.7 Å². The molecule has 0 aromatic carbocycles. The van der Waals surface area contributed by atoms with Crippen LogP contribution in [0.1, 0.15) is 344 Å². The molecule has 89 heavy (non-hydrogen) atoms. The monoisotopic (exact) mass is 1310 g/mol. The number of ether oxygens (including phenoxy) is 4. The smallest absolute Gasteiger partial charge is 0.462 e. The van der Waals surface area contributed by atoms with E-state index in [0.29, 0.717) is 31.6 Å². The van der Waals surface area contributed by atoms with E-state index in [-0.39, 0.29) is 25.7 Å². The highest BCUT2D eigenvalue weighted by Crippen LogP contribution is 2.45. The molecule has 0 saturated heterocycles. The lowest BCUT2D eigenvalue weighted by molar-refractivity contribution is -0.161. The molecule has 0 amide bonds. The topological polar surface area (TPSA) is 237 Å². The van der Waals surface area contributed by atoms with Gasteiger partial charge in [-0.05, 0) is 49.4 Å². The van der Waals surface area contributed by atoms with Gasteiger partial charge in [-0.25, -0.2) is 9.13 Å². The first kappa shape index (κ1) is 87.1. The maximum Gasteiger partial charge on any atom is 0.472 e. The van der Waals surface area contributed by atoms with Crippen LogP contribution in [0.2, 0.25) is 0 Å². The normalized spacial score (nSPS) is 14.6. The molecule has 0 heterocycles. The van der Waals surface area contributed by atoms with Gasteiger partial charge in [0.2, 0.25) is 0 Å². The lowest BCUT2D eigenvalue weighted by atomic mass is 10.00. The molecule has 0 fully saturated rings. The second kappa shape index (κ2) is 59.8. The largest absolute Gasteiger partial charge is 0.472 e. The average Bonchev–Trinajstić information content (AvgIpc) is 3.50. The van der Waals surface area contributed by atoms with Crippen molar-refractivity contribution >= 4 is 39.5 Å². The fraction of sp³-hybridized carbons (Fsp3) is 0.943. The molecule has 0 aliphatic rings. The Morgan fingerprint density at radius 2 is 0.539 bits per heavy atom. The molecule has 0 radical (unpaired) electrons. The first-order valence-electron chi connectivity index (χ1n) is 36.2. The van der Waals surface area contributed by atoms with Gasteiger partial charge in [-0.3, -0.25) is 37.3 Å². The number of aliphatic hydroxyl groups excluding tert-OH is 1. The van der Waals surface area contributed by atoms with Gasteiger partial charge in [-0.15, -0.1) is 0 Å². The molecule has 0 aromatic rings. The highest BCUT2D eigenvalue weighted by atomic mass is 31.2. The van der Waals surface area contributed by atoms with E-state index < -0.39 is 97.5 Å². The number of unbranched alkanes of at least 4 members (excludes halogenated alkanes) is 32. The van der Waals surface area contributed by atoms with Crippen molar-refractivity contribution in [1.82, 2.24) is 0 Å². The molecule has 0 bridgehead atoms. The zero-order valence-corrected chi connectivity index (χ0v) is 59.8. The van der Waals surface area contributed by atoms with E-state index in [2.05, 4.69) is 55.4 Å². The third kappa shape index (κ3) is 63.2. The molecule has 0 aliphatic heterocycles. The van der Waals surface area contributed by atoms with Crippen LogP contribution >= 0.6 is 15.6 Å². The van der Waals surface area contributed by atoms with E-state index >= 15 is 0 Å². The molecule has 17 nitrogen and oxygen atoms in total. The van der Waals surface area contributed by atoms with Crippen LogP contribution in [0.3, 0.4) is 0 Å². The van der Waals surface area contributed by atoms with Crippen molar-refractivity contribution in [2.45, 2.75) is 363 Å². The third-order valence-corrected chi connectivity index (χ3v) is 18.3. The molecule has 0 aliphatic carbocycles. The summed E-state index contributed by atoms with van der Waals surface area (Å²) in [4.78, 5) is 72.4. The standard InChI is InChI=1S/C70H136O17P2/c1-9-63(8)49-41-33-27-29-35-43-51-68(73)81-57-66(87-70(75)53-45-37-25-21-20-23-31-39-47-61(4)5)59-85-89(78,79)83-55-64(71)54-82-88(76,77)84-58-65(56-80-67(72)50-42-34-28-26-32-40-48-62(6)7)86-69(74)52-44-36-24-19-17-15-13-11-10-12-14-16-18-22-30-38-46-60(2)3/h60-66,71H,9-59H2,1-8H3,(H,76,77)(H,78,79)/t63?,64-,65-,66-/m1/s1. The SMILES string of the molecule is CCC(C)CCCCCCCCC(=O)OC[C@H](COP(=O)(O)OC[C@H](O)COP(=O)(O)OC[C@@H](COC(=O)CCCCCCCCC(C)C)OC(=O)CCCCCCCCCCCCCCCCCCC(C)C)OC(=O)CCCCCCCCCCC(C)C. The number of carbonyl (C=O) groups excluding carboxylic acids is 4. The zero-order valence-electron chi connectivity index (χ0n) is 58.1. The fourth-order valence-electron chi connectivity index (χ4n) is 10.5. The van der Waals surface area contributed by atoms with Crippen LogP contribution in [0.5, 0.6) is 0 Å². The van der Waals surface area contributed by atoms with E-state index in [0.717, 1.165) is 120 Å². The Balaban J connectivity index is 5.19. The van der Waals surface area contributed by atoms with Crippen molar-refractivity contribution < 1.29 is 80.2 Å². The second-order valence-corrected chi connectivity index (χ2v) is 29.8. The Morgan fingerprint density at radius 1 is 0.315 bits per heavy atom. The Labute approximate surface area is 543 Å². The van der Waals surface area contributed by atoms with Crippen molar-refractivity contribution in [2.75, 3.05) is 39.6 Å². The average molecular weight is 1310 g/mol. The minimum Gasteiger partial charge on any atom is -0.462 e. The van der Waals surface area contributed by atoms with E-state index in [4.69, 9.17) is 37.0 Å². The number of aliphatic hydroxyl groups is 1. The molecular formula is C70H136O17P2. The summed E-state index contributed by atoms with van der Waals surface area (Å²) >= 11 is 0. The number of rotatable bonds is 67. The molecule has 3 unspecified atom stereocenters. The minimum absolute atomic E-state index is 0.103. The maximum atomic E-state index is 13.0. The summed E-state index contributed by atoms with van der Waals surface area (Å²) in [6.07, 6.45) is 42.0. The summed E-state index contributed by atoms with van der Waals surface area (Å²) in [6.45, 7) is 14.0. The Morgan fingerprint density at radius 3 is 0.798 bits per heavy atom. The molecule has 19 heteroatoms. The van der Waals surface area contributed by atoms with Crippen LogP contribution < -0.4 is 0 Å². The predicted octanol–water partition coefficient (Wildman–Crippen LogP) is 19.7. The van der Waals surface area contributed by atoms with Gasteiger partial charge in [0.25, 0.3) is 0 Å². The molecule has 0 rings (SSSR count). The molecule has 6 atom stereocenters. The summed E-state index contributed by atoms with van der Waals surface area (Å²) in [5, 5.41) is 10.6. The van der Waals surface area contributed by atoms with Gasteiger partial charge in [0.1, 0.15) is 19.3 Å². The lowest BCUT2D eigenvalue weighted by Crippen LogP contribution is -2.30. The first-order valence-corrected chi connectivity index (χ1v) is 39.2.